The average Bonchev–Trinajstić information content (AvgIpc) is 2.92. The quantitative estimate of drug-likeness (QED) is 0.695. The van der Waals surface area contributed by atoms with Crippen LogP contribution in [0.4, 0.5) is 0 Å². The zero-order chi connectivity index (χ0) is 14.4. The number of imidazole rings is 1. The van der Waals surface area contributed by atoms with Gasteiger partial charge in [0.15, 0.2) is 0 Å². The highest BCUT2D eigenvalue weighted by atomic mass is 16.4. The van der Waals surface area contributed by atoms with Crippen molar-refractivity contribution in [2.75, 3.05) is 0 Å². The van der Waals surface area contributed by atoms with Gasteiger partial charge in [-0.3, -0.25) is 9.78 Å². The Morgan fingerprint density at radius 1 is 1.30 bits per heavy atom. The van der Waals surface area contributed by atoms with Gasteiger partial charge in [0.2, 0.25) is 5.91 Å². The second-order valence-electron chi connectivity index (χ2n) is 4.27. The molecule has 0 aromatic carbocycles. The van der Waals surface area contributed by atoms with Gasteiger partial charge in [0, 0.05) is 30.7 Å². The average molecular weight is 274 g/mol. The lowest BCUT2D eigenvalue weighted by molar-refractivity contribution is -0.141. The van der Waals surface area contributed by atoms with E-state index in [1.807, 2.05) is 0 Å². The number of hydrogen-bond acceptors (Lipinski definition) is 4. The monoisotopic (exact) mass is 274 g/mol. The number of H-pyrrole nitrogens is 1. The van der Waals surface area contributed by atoms with Crippen LogP contribution < -0.4 is 5.32 Å². The molecule has 0 saturated carbocycles. The van der Waals surface area contributed by atoms with Gasteiger partial charge in [-0.2, -0.15) is 0 Å². The SMILES string of the molecule is O=C(Cc1ccncc1)NC(Cc1cnc[nH]1)C(=O)O. The molecule has 7 nitrogen and oxygen atoms in total. The zero-order valence-corrected chi connectivity index (χ0v) is 10.6. The fourth-order valence-corrected chi connectivity index (χ4v) is 1.75. The standard InChI is InChI=1S/C13H14N4O3/c18-12(5-9-1-3-14-4-2-9)17-11(13(19)20)6-10-7-15-8-16-10/h1-4,7-8,11H,5-6H2,(H,15,16)(H,17,18)(H,19,20). The van der Waals surface area contributed by atoms with Crippen LogP contribution in [0.2, 0.25) is 0 Å². The summed E-state index contributed by atoms with van der Waals surface area (Å²) in [6, 6.07) is 2.44. The molecule has 0 spiro atoms. The van der Waals surface area contributed by atoms with Crippen LogP contribution in [0, 0.1) is 0 Å². The molecule has 1 amide bonds. The second-order valence-corrected chi connectivity index (χ2v) is 4.27. The number of amides is 1. The molecule has 7 heteroatoms. The van der Waals surface area contributed by atoms with Crippen LogP contribution in [0.15, 0.2) is 37.1 Å². The van der Waals surface area contributed by atoms with Crippen LogP contribution in [0.5, 0.6) is 0 Å². The molecule has 104 valence electrons. The van der Waals surface area contributed by atoms with Gasteiger partial charge in [0.25, 0.3) is 0 Å². The van der Waals surface area contributed by atoms with E-state index < -0.39 is 12.0 Å². The number of aromatic nitrogens is 3. The number of pyridine rings is 1. The lowest BCUT2D eigenvalue weighted by atomic mass is 10.1. The van der Waals surface area contributed by atoms with E-state index in [0.717, 1.165) is 5.56 Å². The van der Waals surface area contributed by atoms with Crippen molar-refractivity contribution in [1.29, 1.82) is 0 Å². The van der Waals surface area contributed by atoms with Gasteiger partial charge in [-0.1, -0.05) is 0 Å². The Balaban J connectivity index is 1.94. The minimum absolute atomic E-state index is 0.120. The Morgan fingerprint density at radius 2 is 2.05 bits per heavy atom. The van der Waals surface area contributed by atoms with Crippen molar-refractivity contribution >= 4 is 11.9 Å². The highest BCUT2D eigenvalue weighted by Crippen LogP contribution is 2.01. The number of carbonyl (C=O) groups is 2. The number of hydrogen-bond donors (Lipinski definition) is 3. The number of carboxylic acids is 1. The summed E-state index contributed by atoms with van der Waals surface area (Å²) in [6.45, 7) is 0. The van der Waals surface area contributed by atoms with E-state index in [2.05, 4.69) is 20.3 Å². The second kappa shape index (κ2) is 6.46. The Hall–Kier alpha value is -2.70. The van der Waals surface area contributed by atoms with Gasteiger partial charge in [0.1, 0.15) is 6.04 Å². The molecule has 3 N–H and O–H groups in total. The number of aromatic amines is 1. The fraction of sp³-hybridized carbons (Fsp3) is 0.231. The van der Waals surface area contributed by atoms with Crippen LogP contribution in [0.1, 0.15) is 11.3 Å². The number of nitrogens with zero attached hydrogens (tertiary/aromatic N) is 2. The first-order valence-electron chi connectivity index (χ1n) is 6.03. The molecule has 0 radical (unpaired) electrons. The Bertz CT molecular complexity index is 569. The van der Waals surface area contributed by atoms with E-state index in [-0.39, 0.29) is 18.7 Å². The number of aliphatic carboxylic acids is 1. The smallest absolute Gasteiger partial charge is 0.326 e. The van der Waals surface area contributed by atoms with Crippen LogP contribution in [0.25, 0.3) is 0 Å². The summed E-state index contributed by atoms with van der Waals surface area (Å²) < 4.78 is 0. The van der Waals surface area contributed by atoms with E-state index in [1.165, 1.54) is 12.5 Å². The van der Waals surface area contributed by atoms with E-state index >= 15 is 0 Å². The maximum Gasteiger partial charge on any atom is 0.326 e. The van der Waals surface area contributed by atoms with Gasteiger partial charge in [0.05, 0.1) is 12.7 Å². The van der Waals surface area contributed by atoms with E-state index in [4.69, 9.17) is 5.11 Å². The van der Waals surface area contributed by atoms with Crippen LogP contribution in [-0.2, 0) is 22.4 Å². The number of nitrogens with one attached hydrogen (secondary N) is 2. The summed E-state index contributed by atoms with van der Waals surface area (Å²) in [6.07, 6.45) is 6.45. The van der Waals surface area contributed by atoms with Crippen molar-refractivity contribution in [3.8, 4) is 0 Å². The lowest BCUT2D eigenvalue weighted by Gasteiger charge is -2.13. The molecule has 2 heterocycles. The van der Waals surface area contributed by atoms with Crippen LogP contribution in [-0.4, -0.2) is 38.0 Å². The van der Waals surface area contributed by atoms with Crippen molar-refractivity contribution in [3.05, 3.63) is 48.3 Å². The third-order valence-electron chi connectivity index (χ3n) is 2.73. The van der Waals surface area contributed by atoms with Crippen molar-refractivity contribution in [2.45, 2.75) is 18.9 Å². The molecule has 0 aliphatic rings. The summed E-state index contributed by atoms with van der Waals surface area (Å²) in [4.78, 5) is 33.5. The maximum absolute atomic E-state index is 11.8. The normalized spacial score (nSPS) is 11.8. The third kappa shape index (κ3) is 3.91. The molecule has 0 aliphatic carbocycles. The van der Waals surface area contributed by atoms with Crippen molar-refractivity contribution < 1.29 is 14.7 Å². The Morgan fingerprint density at radius 3 is 2.65 bits per heavy atom. The first-order chi connectivity index (χ1) is 9.65. The summed E-state index contributed by atoms with van der Waals surface area (Å²) >= 11 is 0. The highest BCUT2D eigenvalue weighted by Gasteiger charge is 2.20. The Labute approximate surface area is 115 Å². The van der Waals surface area contributed by atoms with Crippen LogP contribution >= 0.6 is 0 Å². The van der Waals surface area contributed by atoms with Crippen LogP contribution in [0.3, 0.4) is 0 Å². The molecule has 2 aromatic rings. The number of rotatable bonds is 6. The predicted octanol–water partition coefficient (Wildman–Crippen LogP) is 0.159. The molecular weight excluding hydrogens is 260 g/mol. The summed E-state index contributed by atoms with van der Waals surface area (Å²) in [5.41, 5.74) is 1.43. The molecule has 2 rings (SSSR count). The zero-order valence-electron chi connectivity index (χ0n) is 10.6. The van der Waals surface area contributed by atoms with E-state index in [1.54, 1.807) is 24.5 Å². The molecule has 1 unspecified atom stereocenters. The molecule has 0 aliphatic heterocycles. The predicted molar refractivity (Wildman–Crippen MR) is 69.8 cm³/mol. The fourth-order valence-electron chi connectivity index (χ4n) is 1.75. The van der Waals surface area contributed by atoms with Gasteiger partial charge in [-0.05, 0) is 17.7 Å². The maximum atomic E-state index is 11.8. The van der Waals surface area contributed by atoms with Gasteiger partial charge in [-0.15, -0.1) is 0 Å². The summed E-state index contributed by atoms with van der Waals surface area (Å²) in [5, 5.41) is 11.6. The number of carboxylic acid groups (broad SMARTS) is 1. The summed E-state index contributed by atoms with van der Waals surface area (Å²) in [7, 11) is 0. The highest BCUT2D eigenvalue weighted by molar-refractivity contribution is 5.84. The first kappa shape index (κ1) is 13.7. The summed E-state index contributed by atoms with van der Waals surface area (Å²) in [5.74, 6) is -1.43. The topological polar surface area (TPSA) is 108 Å². The van der Waals surface area contributed by atoms with E-state index in [9.17, 15) is 9.59 Å². The number of carbonyl (C=O) groups excluding carboxylic acids is 1. The molecule has 2 aromatic heterocycles. The molecule has 0 bridgehead atoms. The van der Waals surface area contributed by atoms with Crippen molar-refractivity contribution in [2.24, 2.45) is 0 Å². The third-order valence-corrected chi connectivity index (χ3v) is 2.73. The van der Waals surface area contributed by atoms with Gasteiger partial charge < -0.3 is 15.4 Å². The van der Waals surface area contributed by atoms with E-state index in [0.29, 0.717) is 5.69 Å². The first-order valence-corrected chi connectivity index (χ1v) is 6.03. The molecule has 0 saturated heterocycles. The minimum atomic E-state index is -1.08. The van der Waals surface area contributed by atoms with Crippen molar-refractivity contribution in [3.63, 3.8) is 0 Å². The molecule has 1 atom stereocenters. The molecular formula is C13H14N4O3. The Kier molecular flexibility index (Phi) is 4.43. The largest absolute Gasteiger partial charge is 0.480 e. The molecule has 0 fully saturated rings. The van der Waals surface area contributed by atoms with Crippen molar-refractivity contribution in [1.82, 2.24) is 20.3 Å². The van der Waals surface area contributed by atoms with Gasteiger partial charge >= 0.3 is 5.97 Å². The van der Waals surface area contributed by atoms with Gasteiger partial charge in [-0.25, -0.2) is 9.78 Å². The molecule has 20 heavy (non-hydrogen) atoms. The lowest BCUT2D eigenvalue weighted by Crippen LogP contribution is -2.43. The minimum Gasteiger partial charge on any atom is -0.480 e.